The fourth-order valence-corrected chi connectivity index (χ4v) is 0.138. The van der Waals surface area contributed by atoms with Crippen molar-refractivity contribution in [3.63, 3.8) is 0 Å². The molecule has 0 saturated heterocycles. The summed E-state index contributed by atoms with van der Waals surface area (Å²) in [5.41, 5.74) is 9.10. The lowest BCUT2D eigenvalue weighted by molar-refractivity contribution is -0.167. The summed E-state index contributed by atoms with van der Waals surface area (Å²) in [7, 11) is 0. The lowest BCUT2D eigenvalue weighted by Crippen LogP contribution is -2.07. The summed E-state index contributed by atoms with van der Waals surface area (Å²) in [6, 6.07) is 0. The van der Waals surface area contributed by atoms with E-state index in [9.17, 15) is 44.2 Å². The molecule has 26 heavy (non-hydrogen) atoms. The Kier molecular flexibility index (Phi) is 179. The van der Waals surface area contributed by atoms with E-state index in [0.29, 0.717) is 13.2 Å². The molecule has 0 aromatic heterocycles. The van der Waals surface area contributed by atoms with Crippen molar-refractivity contribution in [2.45, 2.75) is 13.8 Å². The lowest BCUT2D eigenvalue weighted by atomic mass is 10.7. The van der Waals surface area contributed by atoms with Gasteiger partial charge in [0.2, 0.25) is 20.6 Å². The van der Waals surface area contributed by atoms with Gasteiger partial charge in [-0.2, -0.15) is 9.88 Å². The van der Waals surface area contributed by atoms with Crippen LogP contribution in [0, 0.1) is 0 Å². The van der Waals surface area contributed by atoms with Gasteiger partial charge in [-0.3, -0.25) is 8.78 Å². The lowest BCUT2D eigenvalue weighted by Gasteiger charge is -1.89. The van der Waals surface area contributed by atoms with Gasteiger partial charge in [0, 0.05) is 6.54 Å². The van der Waals surface area contributed by atoms with E-state index >= 15 is 0 Å². The largest absolute Gasteiger partial charge is 0.349 e. The van der Waals surface area contributed by atoms with Gasteiger partial charge in [-0.1, -0.05) is 0 Å². The van der Waals surface area contributed by atoms with Crippen LogP contribution in [0.2, 0.25) is 0 Å². The third kappa shape index (κ3) is 671. The summed E-state index contributed by atoms with van der Waals surface area (Å²) in [4.78, 5) is 4.75. The highest BCUT2D eigenvalue weighted by Crippen LogP contribution is 1.68. The Morgan fingerprint density at radius 3 is 0.885 bits per heavy atom. The van der Waals surface area contributed by atoms with Gasteiger partial charge in [0.1, 0.15) is 6.80 Å². The summed E-state index contributed by atoms with van der Waals surface area (Å²) in [6.07, 6.45) is 0. The Balaban J connectivity index is -0.0000000331. The Morgan fingerprint density at radius 1 is 0.654 bits per heavy atom. The molecule has 170 valence electrons. The zero-order valence-corrected chi connectivity index (χ0v) is 14.5. The van der Waals surface area contributed by atoms with Crippen LogP contribution < -0.4 is 11.5 Å². The minimum Gasteiger partial charge on any atom is -0.349 e. The van der Waals surface area contributed by atoms with Crippen LogP contribution in [0.5, 0.6) is 0 Å². The standard InChI is InChI=1S/C3H8FNO.2C2H5F.2CH2F2O.CH2F2.CH4FN/c4-3-6-2-1-5;2*1-2-3;2*2-1-4-3;2*2-1-3/h1-3,5H2;2*2H2,1H3;2*1H2;1H2;1,3H2. The van der Waals surface area contributed by atoms with Crippen LogP contribution in [0.25, 0.3) is 0 Å². The summed E-state index contributed by atoms with van der Waals surface area (Å²) in [6.45, 7) is -2.79. The quantitative estimate of drug-likeness (QED) is 0.391. The number of ether oxygens (including phenoxy) is 1. The van der Waals surface area contributed by atoms with E-state index in [2.05, 4.69) is 20.4 Å². The predicted octanol–water partition coefficient (Wildman–Crippen LogP) is 4.22. The molecule has 0 unspecified atom stereocenters. The topological polar surface area (TPSA) is 79.7 Å². The van der Waals surface area contributed by atoms with Crippen LogP contribution in [0.15, 0.2) is 0 Å². The summed E-state index contributed by atoms with van der Waals surface area (Å²) in [5.74, 6) is 0. The third-order valence-corrected chi connectivity index (χ3v) is 0.422. The minimum absolute atomic E-state index is 0.250. The van der Waals surface area contributed by atoms with Crippen molar-refractivity contribution in [1.82, 2.24) is 0 Å². The molecule has 0 bridgehead atoms. The first kappa shape index (κ1) is 44.5. The fraction of sp³-hybridized carbons (Fsp3) is 1.00. The molecule has 5 nitrogen and oxygen atoms in total. The van der Waals surface area contributed by atoms with Crippen molar-refractivity contribution < 1.29 is 58.8 Å². The molecule has 15 heteroatoms. The SMILES string of the molecule is CCF.CCF.FCF.FCOF.FCOF.NCCOCF.NCF. The molecule has 0 aliphatic heterocycles. The molecule has 0 saturated carbocycles. The van der Waals surface area contributed by atoms with Gasteiger partial charge in [0.15, 0.2) is 6.86 Å². The third-order valence-electron chi connectivity index (χ3n) is 0.422. The number of alkyl halides is 8. The second kappa shape index (κ2) is 104. The molecule has 4 N–H and O–H groups in total. The first-order valence-electron chi connectivity index (χ1n) is 6.33. The normalized spacial score (nSPS) is 7.15. The van der Waals surface area contributed by atoms with E-state index in [-0.39, 0.29) is 13.3 Å². The average molecular weight is 426 g/mol. The molecule has 0 aromatic rings. The van der Waals surface area contributed by atoms with Crippen LogP contribution >= 0.6 is 0 Å². The van der Waals surface area contributed by atoms with Crippen molar-refractivity contribution in [2.24, 2.45) is 11.5 Å². The highest BCUT2D eigenvalue weighted by Gasteiger charge is 1.75. The number of rotatable bonds is 5. The first-order valence-corrected chi connectivity index (χ1v) is 6.33. The van der Waals surface area contributed by atoms with Gasteiger partial charge in [-0.15, -0.1) is 0 Å². The van der Waals surface area contributed by atoms with E-state index in [0.717, 1.165) is 0 Å². The monoisotopic (exact) mass is 426 g/mol. The highest BCUT2D eigenvalue weighted by molar-refractivity contribution is 4.23. The molecule has 0 heterocycles. The van der Waals surface area contributed by atoms with Gasteiger partial charge in [-0.25, -0.2) is 26.3 Å². The second-order valence-corrected chi connectivity index (χ2v) is 2.03. The van der Waals surface area contributed by atoms with E-state index in [1.165, 1.54) is 13.8 Å². The zero-order chi connectivity index (χ0) is 22.5. The van der Waals surface area contributed by atoms with E-state index in [1.807, 2.05) is 0 Å². The van der Waals surface area contributed by atoms with Gasteiger partial charge in [-0.05, 0) is 22.9 Å². The number of nitrogens with two attached hydrogens (primary N) is 2. The zero-order valence-electron chi connectivity index (χ0n) is 14.5. The minimum atomic E-state index is -1.75. The molecule has 0 spiro atoms. The average Bonchev–Trinajstić information content (AvgIpc) is 2.63. The smallest absolute Gasteiger partial charge is 0.229 e. The fourth-order valence-electron chi connectivity index (χ4n) is 0.138. The maximum atomic E-state index is 10.9. The van der Waals surface area contributed by atoms with E-state index < -0.39 is 34.3 Å². The first-order chi connectivity index (χ1) is 12.4. The van der Waals surface area contributed by atoms with Crippen LogP contribution in [-0.2, 0) is 14.6 Å². The number of hydrogen-bond acceptors (Lipinski definition) is 5. The van der Waals surface area contributed by atoms with Crippen molar-refractivity contribution in [1.29, 1.82) is 0 Å². The molecule has 0 rings (SSSR count). The maximum absolute atomic E-state index is 10.9. The Hall–Kier alpha value is -0.900. The van der Waals surface area contributed by atoms with E-state index in [4.69, 9.17) is 5.73 Å². The van der Waals surface area contributed by atoms with Gasteiger partial charge in [0.25, 0.3) is 0 Å². The van der Waals surface area contributed by atoms with Gasteiger partial charge in [0.05, 0.1) is 20.0 Å². The highest BCUT2D eigenvalue weighted by atomic mass is 19.3. The Labute approximate surface area is 146 Å². The molecule has 0 aliphatic carbocycles. The van der Waals surface area contributed by atoms with Crippen LogP contribution in [0.1, 0.15) is 13.8 Å². The molecule has 0 radical (unpaired) electrons. The van der Waals surface area contributed by atoms with Crippen molar-refractivity contribution in [2.75, 3.05) is 60.8 Å². The summed E-state index contributed by atoms with van der Waals surface area (Å²) < 4.78 is 105. The van der Waals surface area contributed by atoms with E-state index in [1.54, 1.807) is 0 Å². The van der Waals surface area contributed by atoms with Gasteiger partial charge >= 0.3 is 0 Å². The van der Waals surface area contributed by atoms with Crippen LogP contribution in [0.4, 0.5) is 44.2 Å². The molecular weight excluding hydrogens is 398 g/mol. The molecule has 0 fully saturated rings. The predicted molar refractivity (Wildman–Crippen MR) is 77.9 cm³/mol. The molecule has 0 amide bonds. The van der Waals surface area contributed by atoms with Crippen LogP contribution in [-0.4, -0.2) is 60.8 Å². The van der Waals surface area contributed by atoms with Crippen molar-refractivity contribution >= 4 is 0 Å². The summed E-state index contributed by atoms with van der Waals surface area (Å²) in [5, 5.41) is 0. The van der Waals surface area contributed by atoms with Crippen LogP contribution in [0.3, 0.4) is 0 Å². The number of halogens is 10. The maximum Gasteiger partial charge on any atom is 0.229 e. The van der Waals surface area contributed by atoms with Crippen molar-refractivity contribution in [3.8, 4) is 0 Å². The molecular formula is C11H28F10N2O3. The summed E-state index contributed by atoms with van der Waals surface area (Å²) >= 11 is 0. The molecule has 0 aliphatic rings. The Bertz CT molecular complexity index is 110. The number of hydrogen-bond donors (Lipinski definition) is 2. The molecule has 0 aromatic carbocycles. The molecule has 0 atom stereocenters. The van der Waals surface area contributed by atoms with Crippen molar-refractivity contribution in [3.05, 3.63) is 0 Å². The Morgan fingerprint density at radius 2 is 0.846 bits per heavy atom. The van der Waals surface area contributed by atoms with Gasteiger partial charge < -0.3 is 16.2 Å². The second-order valence-electron chi connectivity index (χ2n) is 2.03.